The summed E-state index contributed by atoms with van der Waals surface area (Å²) in [6.07, 6.45) is 3.81. The molecule has 224 valence electrons. The van der Waals surface area contributed by atoms with Gasteiger partial charge in [-0.25, -0.2) is 0 Å². The molecule has 0 spiro atoms. The zero-order valence-electron chi connectivity index (χ0n) is 23.8. The van der Waals surface area contributed by atoms with Gasteiger partial charge in [0.05, 0.1) is 24.0 Å². The number of rotatable bonds is 8. The first kappa shape index (κ1) is 32.5. The third-order valence-electron chi connectivity index (χ3n) is 7.79. The second kappa shape index (κ2) is 16.4. The van der Waals surface area contributed by atoms with E-state index in [-0.39, 0.29) is 11.5 Å². The molecule has 0 bridgehead atoms. The van der Waals surface area contributed by atoms with Crippen LogP contribution in [-0.2, 0) is 14.4 Å². The van der Waals surface area contributed by atoms with Gasteiger partial charge in [0.1, 0.15) is 0 Å². The second-order valence-corrected chi connectivity index (χ2v) is 10.4. The van der Waals surface area contributed by atoms with Crippen molar-refractivity contribution < 1.29 is 30.1 Å². The minimum atomic E-state index is -2.19. The van der Waals surface area contributed by atoms with Gasteiger partial charge in [-0.05, 0) is 42.5 Å². The summed E-state index contributed by atoms with van der Waals surface area (Å²) in [5, 5.41) is 17.9. The van der Waals surface area contributed by atoms with Crippen LogP contribution in [0.25, 0.3) is 0 Å². The number of hydrogen-bond acceptors (Lipinski definition) is 7. The molecule has 5 rings (SSSR count). The number of amides is 1. The molecule has 2 N–H and O–H groups in total. The number of likely N-dealkylation sites (tertiary alicyclic amines) is 1. The first-order valence-corrected chi connectivity index (χ1v) is 14.3. The highest BCUT2D eigenvalue weighted by atomic mass is 16.4. The number of benzene rings is 3. The van der Waals surface area contributed by atoms with Crippen molar-refractivity contribution >= 4 is 17.8 Å². The highest BCUT2D eigenvalue weighted by Gasteiger charge is 2.30. The van der Waals surface area contributed by atoms with E-state index in [4.69, 9.17) is 19.8 Å². The van der Waals surface area contributed by atoms with E-state index in [0.29, 0.717) is 18.4 Å². The fourth-order valence-electron chi connectivity index (χ4n) is 5.82. The summed E-state index contributed by atoms with van der Waals surface area (Å²) in [4.78, 5) is 38.0. The molecule has 1 atom stereocenters. The van der Waals surface area contributed by atoms with Crippen molar-refractivity contribution in [3.8, 4) is 0 Å². The lowest BCUT2D eigenvalue weighted by molar-refractivity contribution is -0.345. The molecule has 0 aliphatic carbocycles. The fraction of sp³-hybridized carbons (Fsp3) is 0.364. The van der Waals surface area contributed by atoms with Crippen LogP contribution in [0.15, 0.2) is 91.0 Å². The molecule has 2 aliphatic rings. The van der Waals surface area contributed by atoms with Crippen LogP contribution in [0.4, 0.5) is 0 Å². The first-order valence-electron chi connectivity index (χ1n) is 14.3. The Bertz CT molecular complexity index is 1200. The van der Waals surface area contributed by atoms with Gasteiger partial charge in [-0.1, -0.05) is 91.0 Å². The Morgan fingerprint density at radius 2 is 1.24 bits per heavy atom. The van der Waals surface area contributed by atoms with Crippen molar-refractivity contribution in [1.82, 2.24) is 14.7 Å². The normalized spacial score (nSPS) is 17.6. The Morgan fingerprint density at radius 3 is 1.74 bits per heavy atom. The van der Waals surface area contributed by atoms with Crippen LogP contribution in [0.5, 0.6) is 0 Å². The zero-order chi connectivity index (χ0) is 29.0. The number of piperidine rings is 1. The molecule has 0 aromatic heterocycles. The topological polar surface area (TPSA) is 139 Å². The number of carbonyl (C=O) groups excluding carboxylic acids is 3. The van der Waals surface area contributed by atoms with Gasteiger partial charge in [-0.3, -0.25) is 9.69 Å². The van der Waals surface area contributed by atoms with Gasteiger partial charge in [0, 0.05) is 39.1 Å². The zero-order valence-corrected chi connectivity index (χ0v) is 23.8. The lowest BCUT2D eigenvalue weighted by Crippen LogP contribution is -2.48. The van der Waals surface area contributed by atoms with E-state index in [1.807, 2.05) is 0 Å². The molecule has 2 fully saturated rings. The number of piperazine rings is 1. The lowest BCUT2D eigenvalue weighted by atomic mass is 9.94. The van der Waals surface area contributed by atoms with Gasteiger partial charge in [0.15, 0.2) is 0 Å². The molecule has 9 heteroatoms. The predicted molar refractivity (Wildman–Crippen MR) is 156 cm³/mol. The third kappa shape index (κ3) is 8.97. The summed E-state index contributed by atoms with van der Waals surface area (Å²) in [6, 6.07) is 32.9. The molecule has 0 radical (unpaired) electrons. The summed E-state index contributed by atoms with van der Waals surface area (Å²) in [5.74, 6) is -4.05. The Hall–Kier alpha value is -4.05. The number of hydrogen-bond donors (Lipinski definition) is 0. The van der Waals surface area contributed by atoms with Crippen molar-refractivity contribution in [2.24, 2.45) is 0 Å². The van der Waals surface area contributed by atoms with Crippen LogP contribution < -0.4 is 10.2 Å². The van der Waals surface area contributed by atoms with Crippen molar-refractivity contribution in [2.75, 3.05) is 39.3 Å². The van der Waals surface area contributed by atoms with Crippen molar-refractivity contribution in [3.05, 3.63) is 108 Å². The smallest absolute Gasteiger partial charge is 0.223 e. The molecule has 0 saturated carbocycles. The summed E-state index contributed by atoms with van der Waals surface area (Å²) >= 11 is 0. The number of carboxylic acids is 2. The van der Waals surface area contributed by atoms with Gasteiger partial charge in [-0.15, -0.1) is 0 Å². The molecular weight excluding hydrogens is 534 g/mol. The van der Waals surface area contributed by atoms with Gasteiger partial charge >= 0.3 is 0 Å². The molecule has 2 heterocycles. The maximum absolute atomic E-state index is 12.8. The summed E-state index contributed by atoms with van der Waals surface area (Å²) in [6.45, 7) is 6.18. The minimum Gasteiger partial charge on any atom is -0.543 e. The fourth-order valence-corrected chi connectivity index (χ4v) is 5.82. The first-order chi connectivity index (χ1) is 19.9. The molecule has 2 saturated heterocycles. The third-order valence-corrected chi connectivity index (χ3v) is 7.79. The van der Waals surface area contributed by atoms with Gasteiger partial charge in [0.2, 0.25) is 5.91 Å². The van der Waals surface area contributed by atoms with E-state index in [9.17, 15) is 4.79 Å². The molecule has 3 aromatic rings. The van der Waals surface area contributed by atoms with Gasteiger partial charge < -0.3 is 35.1 Å². The van der Waals surface area contributed by atoms with E-state index in [1.165, 1.54) is 16.7 Å². The monoisotopic (exact) mass is 573 g/mol. The molecule has 1 amide bonds. The minimum absolute atomic E-state index is 0. The van der Waals surface area contributed by atoms with Gasteiger partial charge in [0.25, 0.3) is 0 Å². The molecular formula is C33H39N3O6-2. The molecule has 42 heavy (non-hydrogen) atoms. The van der Waals surface area contributed by atoms with Crippen molar-refractivity contribution in [3.63, 3.8) is 0 Å². The van der Waals surface area contributed by atoms with E-state index in [2.05, 4.69) is 106 Å². The summed E-state index contributed by atoms with van der Waals surface area (Å²) in [5.41, 5.74) is 4.01. The number of carbonyl (C=O) groups is 3. The van der Waals surface area contributed by atoms with Crippen LogP contribution in [0, 0.1) is 0 Å². The van der Waals surface area contributed by atoms with Crippen molar-refractivity contribution in [2.45, 2.75) is 37.8 Å². The summed E-state index contributed by atoms with van der Waals surface area (Å²) < 4.78 is 0. The van der Waals surface area contributed by atoms with E-state index in [1.54, 1.807) is 0 Å². The van der Waals surface area contributed by atoms with E-state index >= 15 is 0 Å². The SMILES string of the molecule is O.O=C([O-])C(=O)[O-].O=C1CCCC(c2ccccc2)N1CCCN1CCN(C(c2ccccc2)c2ccccc2)CC1. The van der Waals surface area contributed by atoms with Gasteiger partial charge in [-0.2, -0.15) is 0 Å². The number of aliphatic carboxylic acids is 2. The summed E-state index contributed by atoms with van der Waals surface area (Å²) in [7, 11) is 0. The maximum Gasteiger partial charge on any atom is 0.223 e. The Labute approximate surface area is 247 Å². The quantitative estimate of drug-likeness (QED) is 0.369. The van der Waals surface area contributed by atoms with Crippen LogP contribution in [0.3, 0.4) is 0 Å². The Kier molecular flexibility index (Phi) is 12.7. The standard InChI is InChI=1S/C31H37N3O.C2H2O4.H2O/c35-30-19-10-18-29(26-12-4-1-5-13-26)34(30)21-11-20-32-22-24-33(25-23-32)31(27-14-6-2-7-15-27)28-16-8-3-9-17-28;3-1(4)2(5)6;/h1-9,12-17,29,31H,10-11,18-25H2;(H,3,4)(H,5,6);1H2/p-2. The lowest BCUT2D eigenvalue weighted by Gasteiger charge is -2.40. The van der Waals surface area contributed by atoms with Crippen molar-refractivity contribution in [1.29, 1.82) is 0 Å². The molecule has 9 nitrogen and oxygen atoms in total. The molecule has 3 aromatic carbocycles. The highest BCUT2D eigenvalue weighted by molar-refractivity contribution is 6.25. The maximum atomic E-state index is 12.8. The van der Waals surface area contributed by atoms with Crippen LogP contribution in [0.2, 0.25) is 0 Å². The molecule has 2 aliphatic heterocycles. The number of carboxylic acid groups (broad SMARTS) is 2. The number of nitrogens with zero attached hydrogens (tertiary/aromatic N) is 3. The Morgan fingerprint density at radius 1 is 0.738 bits per heavy atom. The van der Waals surface area contributed by atoms with E-state index in [0.717, 1.165) is 58.5 Å². The van der Waals surface area contributed by atoms with Crippen LogP contribution >= 0.6 is 0 Å². The Balaban J connectivity index is 0.000000628. The van der Waals surface area contributed by atoms with Crippen LogP contribution in [-0.4, -0.2) is 77.3 Å². The average Bonchev–Trinajstić information content (AvgIpc) is 3.01. The highest BCUT2D eigenvalue weighted by Crippen LogP contribution is 2.32. The average molecular weight is 574 g/mol. The second-order valence-electron chi connectivity index (χ2n) is 10.4. The largest absolute Gasteiger partial charge is 0.543 e. The van der Waals surface area contributed by atoms with Crippen LogP contribution in [0.1, 0.15) is 54.5 Å². The molecule has 1 unspecified atom stereocenters. The predicted octanol–water partition coefficient (Wildman–Crippen LogP) is 1.20. The van der Waals surface area contributed by atoms with E-state index < -0.39 is 11.9 Å².